The Balaban J connectivity index is 0. The van der Waals surface area contributed by atoms with Crippen LogP contribution in [0.1, 0.15) is 0 Å². The molecule has 3 N–H and O–H groups in total. The molecule has 4 heteroatoms. The molecule has 29 valence electrons. The van der Waals surface area contributed by atoms with Gasteiger partial charge in [0.15, 0.2) is 0 Å². The minimum Gasteiger partial charge on any atom is -0.870 e. The van der Waals surface area contributed by atoms with Gasteiger partial charge in [-0.1, -0.05) is 0 Å². The van der Waals surface area contributed by atoms with Crippen molar-refractivity contribution in [2.45, 2.75) is 0 Å². The van der Waals surface area contributed by atoms with Crippen LogP contribution in [0, 0.1) is 0 Å². The van der Waals surface area contributed by atoms with E-state index in [2.05, 4.69) is 0 Å². The Morgan fingerprint density at radius 3 is 1.00 bits per heavy atom. The molecule has 4 heavy (non-hydrogen) atoms. The molecule has 0 amide bonds. The standard InChI is InChI=1S/Al.Cu.2H2O/h;;2*1H2/q;+1;;/p-1. The maximum atomic E-state index is 0. The van der Waals surface area contributed by atoms with Gasteiger partial charge in [0, 0.05) is 17.4 Å². The summed E-state index contributed by atoms with van der Waals surface area (Å²) >= 11 is 0. The van der Waals surface area contributed by atoms with Gasteiger partial charge in [-0.3, -0.25) is 0 Å². The number of hydrogen-bond donors (Lipinski definition) is 0. The molecule has 0 aromatic carbocycles. The van der Waals surface area contributed by atoms with E-state index >= 15 is 0 Å². The summed E-state index contributed by atoms with van der Waals surface area (Å²) in [6, 6.07) is 0. The normalized spacial score (nSPS) is 0. The van der Waals surface area contributed by atoms with Crippen molar-refractivity contribution >= 4 is 17.4 Å². The van der Waals surface area contributed by atoms with Gasteiger partial charge in [-0.15, -0.1) is 0 Å². The summed E-state index contributed by atoms with van der Waals surface area (Å²) in [6.45, 7) is 0. The topological polar surface area (TPSA) is 61.5 Å². The van der Waals surface area contributed by atoms with Gasteiger partial charge in [0.25, 0.3) is 0 Å². The zero-order valence-electron chi connectivity index (χ0n) is 1.83. The molecule has 0 spiro atoms. The van der Waals surface area contributed by atoms with Gasteiger partial charge in [0.05, 0.1) is 0 Å². The summed E-state index contributed by atoms with van der Waals surface area (Å²) in [7, 11) is 0. The maximum Gasteiger partial charge on any atom is 1.00 e. The molecule has 0 saturated heterocycles. The Labute approximate surface area is 45.8 Å². The zero-order chi connectivity index (χ0) is 0. The van der Waals surface area contributed by atoms with Crippen LogP contribution in [0.2, 0.25) is 0 Å². The van der Waals surface area contributed by atoms with Crippen LogP contribution in [0.5, 0.6) is 0 Å². The fourth-order valence-corrected chi connectivity index (χ4v) is 0. The van der Waals surface area contributed by atoms with Gasteiger partial charge in [-0.25, -0.2) is 0 Å². The molecule has 0 aromatic rings. The molecule has 0 aliphatic rings. The van der Waals surface area contributed by atoms with Gasteiger partial charge in [-0.05, 0) is 0 Å². The monoisotopic (exact) mass is 125 g/mol. The predicted octanol–water partition coefficient (Wildman–Crippen LogP) is -1.38. The summed E-state index contributed by atoms with van der Waals surface area (Å²) in [6.07, 6.45) is 0. The van der Waals surface area contributed by atoms with E-state index in [0.29, 0.717) is 0 Å². The molecule has 2 nitrogen and oxygen atoms in total. The minimum atomic E-state index is 0. The van der Waals surface area contributed by atoms with Crippen LogP contribution >= 0.6 is 0 Å². The Morgan fingerprint density at radius 2 is 1.00 bits per heavy atom. The third-order valence-electron chi connectivity index (χ3n) is 0. The molecule has 0 bridgehead atoms. The van der Waals surface area contributed by atoms with Crippen LogP contribution in [-0.2, 0) is 17.1 Å². The fourth-order valence-electron chi connectivity index (χ4n) is 0. The van der Waals surface area contributed by atoms with E-state index in [1.165, 1.54) is 0 Å². The van der Waals surface area contributed by atoms with E-state index in [-0.39, 0.29) is 45.4 Å². The maximum absolute atomic E-state index is 0. The second-order valence-corrected chi connectivity index (χ2v) is 0. The van der Waals surface area contributed by atoms with E-state index in [9.17, 15) is 0 Å². The van der Waals surface area contributed by atoms with Gasteiger partial charge in [0.1, 0.15) is 0 Å². The fraction of sp³-hybridized carbons (Fsp3) is 0. The van der Waals surface area contributed by atoms with E-state index < -0.39 is 0 Å². The molecule has 0 fully saturated rings. The van der Waals surface area contributed by atoms with E-state index in [4.69, 9.17) is 0 Å². The third kappa shape index (κ3) is 12.2. The number of rotatable bonds is 0. The summed E-state index contributed by atoms with van der Waals surface area (Å²) in [4.78, 5) is 0. The Bertz CT molecular complexity index is 6.00. The van der Waals surface area contributed by atoms with Crippen molar-refractivity contribution in [3.63, 3.8) is 0 Å². The third-order valence-corrected chi connectivity index (χ3v) is 0. The van der Waals surface area contributed by atoms with Gasteiger partial charge in [-0.2, -0.15) is 0 Å². The summed E-state index contributed by atoms with van der Waals surface area (Å²) in [5.74, 6) is 0. The summed E-state index contributed by atoms with van der Waals surface area (Å²) < 4.78 is 0. The van der Waals surface area contributed by atoms with Crippen molar-refractivity contribution in [2.24, 2.45) is 0 Å². The first-order valence-electron chi connectivity index (χ1n) is 0. The largest absolute Gasteiger partial charge is 1.00 e. The quantitative estimate of drug-likeness (QED) is 0.368. The van der Waals surface area contributed by atoms with Crippen LogP contribution in [-0.4, -0.2) is 28.3 Å². The zero-order valence-corrected chi connectivity index (χ0v) is 3.92. The van der Waals surface area contributed by atoms with E-state index in [1.54, 1.807) is 0 Å². The summed E-state index contributed by atoms with van der Waals surface area (Å²) in [5.41, 5.74) is 0. The molecule has 0 aromatic heterocycles. The second-order valence-electron chi connectivity index (χ2n) is 0. The van der Waals surface area contributed by atoms with Crippen LogP contribution in [0.25, 0.3) is 0 Å². The first-order chi connectivity index (χ1) is 0. The van der Waals surface area contributed by atoms with E-state index in [1.807, 2.05) is 0 Å². The number of hydrogen-bond acceptors (Lipinski definition) is 1. The Hall–Kier alpha value is 0.972. The van der Waals surface area contributed by atoms with Gasteiger partial charge < -0.3 is 11.0 Å². The molecular weight excluding hydrogens is 123 g/mol. The first-order valence-corrected chi connectivity index (χ1v) is 0. The van der Waals surface area contributed by atoms with Crippen molar-refractivity contribution in [1.29, 1.82) is 0 Å². The van der Waals surface area contributed by atoms with Crippen LogP contribution in [0.4, 0.5) is 0 Å². The Morgan fingerprint density at radius 1 is 1.00 bits per heavy atom. The molecule has 0 saturated carbocycles. The second kappa shape index (κ2) is 37.1. The molecule has 0 unspecified atom stereocenters. The smallest absolute Gasteiger partial charge is 0.870 e. The van der Waals surface area contributed by atoms with Crippen LogP contribution < -0.4 is 0 Å². The first kappa shape index (κ1) is 83.0. The van der Waals surface area contributed by atoms with Crippen molar-refractivity contribution in [3.8, 4) is 0 Å². The molecule has 3 radical (unpaired) electrons. The minimum absolute atomic E-state index is 0. The predicted molar refractivity (Wildman–Crippen MR) is 11.3 cm³/mol. The molecular formula is H3AlCuO2. The van der Waals surface area contributed by atoms with Crippen LogP contribution in [0.3, 0.4) is 0 Å². The molecule has 0 heterocycles. The van der Waals surface area contributed by atoms with Crippen molar-refractivity contribution in [3.05, 3.63) is 0 Å². The van der Waals surface area contributed by atoms with Gasteiger partial charge >= 0.3 is 17.1 Å². The molecule has 0 aliphatic heterocycles. The molecule has 0 atom stereocenters. The van der Waals surface area contributed by atoms with E-state index in [0.717, 1.165) is 0 Å². The molecule has 0 rings (SSSR count). The average Bonchev–Trinajstić information content (AvgIpc) is 0. The SMILES string of the molecule is O.[Al].[Cu+].[OH-]. The molecule has 0 aliphatic carbocycles. The van der Waals surface area contributed by atoms with Gasteiger partial charge in [0.2, 0.25) is 0 Å². The van der Waals surface area contributed by atoms with Crippen molar-refractivity contribution < 1.29 is 28.0 Å². The van der Waals surface area contributed by atoms with Crippen molar-refractivity contribution in [2.75, 3.05) is 0 Å². The van der Waals surface area contributed by atoms with Crippen LogP contribution in [0.15, 0.2) is 0 Å². The summed E-state index contributed by atoms with van der Waals surface area (Å²) in [5, 5.41) is 0. The van der Waals surface area contributed by atoms with Crippen molar-refractivity contribution in [1.82, 2.24) is 0 Å². The average molecular weight is 126 g/mol. The Kier molecular flexibility index (Phi) is 771.